The van der Waals surface area contributed by atoms with Gasteiger partial charge in [-0.3, -0.25) is 9.78 Å². The van der Waals surface area contributed by atoms with E-state index in [2.05, 4.69) is 15.3 Å². The molecule has 0 aliphatic rings. The molecule has 0 spiro atoms. The summed E-state index contributed by atoms with van der Waals surface area (Å²) in [5, 5.41) is 7.38. The van der Waals surface area contributed by atoms with E-state index >= 15 is 0 Å². The normalized spacial score (nSPS) is 11.6. The highest BCUT2D eigenvalue weighted by Gasteiger charge is 2.31. The van der Waals surface area contributed by atoms with Crippen LogP contribution in [0.5, 0.6) is 0 Å². The molecular weight excluding hydrogens is 273 g/mol. The molecule has 0 N–H and O–H groups in total. The lowest BCUT2D eigenvalue weighted by atomic mass is 10.1. The van der Waals surface area contributed by atoms with E-state index in [9.17, 15) is 18.0 Å². The molecule has 5 nitrogen and oxygen atoms in total. The number of nitrogens with zero attached hydrogens (tertiary/aromatic N) is 4. The molecule has 20 heavy (non-hydrogen) atoms. The molecule has 2 aromatic heterocycles. The minimum atomic E-state index is -4.47. The number of ketones is 1. The molecule has 0 saturated carbocycles. The van der Waals surface area contributed by atoms with E-state index in [1.54, 1.807) is 0 Å². The van der Waals surface area contributed by atoms with E-state index < -0.39 is 17.5 Å². The fourth-order valence-electron chi connectivity index (χ4n) is 1.64. The molecule has 2 aromatic rings. The number of aryl methyl sites for hydroxylation is 1. The van der Waals surface area contributed by atoms with Gasteiger partial charge in [0.15, 0.2) is 0 Å². The van der Waals surface area contributed by atoms with Crippen LogP contribution in [0.4, 0.5) is 13.2 Å². The van der Waals surface area contributed by atoms with E-state index in [1.165, 1.54) is 10.9 Å². The van der Waals surface area contributed by atoms with Gasteiger partial charge in [-0.25, -0.2) is 4.68 Å². The van der Waals surface area contributed by atoms with Crippen LogP contribution in [-0.2, 0) is 12.7 Å². The number of alkyl halides is 3. The molecule has 0 saturated heterocycles. The van der Waals surface area contributed by atoms with Crippen molar-refractivity contribution in [3.63, 3.8) is 0 Å². The van der Waals surface area contributed by atoms with Gasteiger partial charge in [-0.05, 0) is 18.6 Å². The number of carbonyl (C=O) groups excluding carboxylic acids is 1. The van der Waals surface area contributed by atoms with Crippen molar-refractivity contribution in [3.8, 4) is 0 Å². The topological polar surface area (TPSA) is 60.7 Å². The average molecular weight is 284 g/mol. The molecule has 0 aliphatic carbocycles. The standard InChI is InChI=1S/C12H11F3N4O/c1-2-5-19-10(7-17-18-19)11(20)9-4-3-8(6-16-9)12(13,14)15/h3-4,6-7H,2,5H2,1H3. The molecule has 106 valence electrons. The summed E-state index contributed by atoms with van der Waals surface area (Å²) in [6.07, 6.45) is -1.80. The van der Waals surface area contributed by atoms with E-state index in [4.69, 9.17) is 0 Å². The van der Waals surface area contributed by atoms with Crippen molar-refractivity contribution in [3.05, 3.63) is 41.5 Å². The van der Waals surface area contributed by atoms with Gasteiger partial charge in [-0.1, -0.05) is 12.1 Å². The second-order valence-corrected chi connectivity index (χ2v) is 4.10. The predicted molar refractivity (Wildman–Crippen MR) is 63.0 cm³/mol. The highest BCUT2D eigenvalue weighted by atomic mass is 19.4. The first-order valence-electron chi connectivity index (χ1n) is 5.90. The largest absolute Gasteiger partial charge is 0.417 e. The van der Waals surface area contributed by atoms with Gasteiger partial charge in [-0.2, -0.15) is 13.2 Å². The maximum atomic E-state index is 12.4. The first kappa shape index (κ1) is 14.2. The number of carbonyl (C=O) groups is 1. The lowest BCUT2D eigenvalue weighted by Crippen LogP contribution is -2.13. The summed E-state index contributed by atoms with van der Waals surface area (Å²) in [7, 11) is 0. The van der Waals surface area contributed by atoms with E-state index in [-0.39, 0.29) is 11.4 Å². The van der Waals surface area contributed by atoms with Crippen LogP contribution < -0.4 is 0 Å². The van der Waals surface area contributed by atoms with Crippen LogP contribution in [-0.4, -0.2) is 25.8 Å². The van der Waals surface area contributed by atoms with Crippen molar-refractivity contribution < 1.29 is 18.0 Å². The quantitative estimate of drug-likeness (QED) is 0.808. The summed E-state index contributed by atoms with van der Waals surface area (Å²) in [6, 6.07) is 1.88. The van der Waals surface area contributed by atoms with Crippen LogP contribution in [0.2, 0.25) is 0 Å². The van der Waals surface area contributed by atoms with Crippen LogP contribution in [0.25, 0.3) is 0 Å². The van der Waals surface area contributed by atoms with Gasteiger partial charge in [0, 0.05) is 12.7 Å². The van der Waals surface area contributed by atoms with Gasteiger partial charge in [0.25, 0.3) is 0 Å². The van der Waals surface area contributed by atoms with Gasteiger partial charge in [0.1, 0.15) is 11.4 Å². The fourth-order valence-corrected chi connectivity index (χ4v) is 1.64. The first-order chi connectivity index (χ1) is 9.43. The third kappa shape index (κ3) is 2.84. The maximum Gasteiger partial charge on any atom is 0.417 e. The summed E-state index contributed by atoms with van der Waals surface area (Å²) in [5.41, 5.74) is -0.758. The van der Waals surface area contributed by atoms with E-state index in [1.807, 2.05) is 6.92 Å². The summed E-state index contributed by atoms with van der Waals surface area (Å²) < 4.78 is 38.6. The average Bonchev–Trinajstić information content (AvgIpc) is 2.86. The molecule has 2 heterocycles. The zero-order chi connectivity index (χ0) is 14.8. The minimum absolute atomic E-state index is 0.0716. The molecule has 8 heteroatoms. The number of pyridine rings is 1. The Bertz CT molecular complexity index is 604. The van der Waals surface area contributed by atoms with Crippen LogP contribution >= 0.6 is 0 Å². The number of halogens is 3. The third-order valence-electron chi connectivity index (χ3n) is 2.61. The number of aromatic nitrogens is 4. The number of hydrogen-bond donors (Lipinski definition) is 0. The molecule has 2 rings (SSSR count). The predicted octanol–water partition coefficient (Wildman–Crippen LogP) is 2.33. The summed E-state index contributed by atoms with van der Waals surface area (Å²) in [6.45, 7) is 2.41. The molecule has 0 amide bonds. The monoisotopic (exact) mass is 284 g/mol. The van der Waals surface area contributed by atoms with E-state index in [0.717, 1.165) is 18.6 Å². The second kappa shape index (κ2) is 5.40. The third-order valence-corrected chi connectivity index (χ3v) is 2.61. The molecular formula is C12H11F3N4O. The van der Waals surface area contributed by atoms with Gasteiger partial charge < -0.3 is 0 Å². The van der Waals surface area contributed by atoms with Crippen molar-refractivity contribution in [2.75, 3.05) is 0 Å². The lowest BCUT2D eigenvalue weighted by molar-refractivity contribution is -0.137. The van der Waals surface area contributed by atoms with Crippen molar-refractivity contribution in [1.82, 2.24) is 20.0 Å². The summed E-state index contributed by atoms with van der Waals surface area (Å²) in [4.78, 5) is 15.7. The first-order valence-corrected chi connectivity index (χ1v) is 5.90. The number of rotatable bonds is 4. The summed E-state index contributed by atoms with van der Waals surface area (Å²) in [5.74, 6) is -0.503. The molecule has 0 bridgehead atoms. The second-order valence-electron chi connectivity index (χ2n) is 4.10. The van der Waals surface area contributed by atoms with Gasteiger partial charge in [0.2, 0.25) is 5.78 Å². The van der Waals surface area contributed by atoms with Crippen LogP contribution in [0, 0.1) is 0 Å². The Hall–Kier alpha value is -2.25. The Balaban J connectivity index is 2.27. The highest BCUT2D eigenvalue weighted by molar-refractivity contribution is 6.06. The number of hydrogen-bond acceptors (Lipinski definition) is 4. The van der Waals surface area contributed by atoms with E-state index in [0.29, 0.717) is 12.7 Å². The van der Waals surface area contributed by atoms with Crippen LogP contribution in [0.1, 0.15) is 35.1 Å². The zero-order valence-electron chi connectivity index (χ0n) is 10.6. The van der Waals surface area contributed by atoms with Crippen molar-refractivity contribution in [1.29, 1.82) is 0 Å². The molecule has 0 atom stereocenters. The van der Waals surface area contributed by atoms with Gasteiger partial charge >= 0.3 is 6.18 Å². The van der Waals surface area contributed by atoms with Crippen molar-refractivity contribution in [2.45, 2.75) is 26.1 Å². The Labute approximate surface area is 112 Å². The summed E-state index contributed by atoms with van der Waals surface area (Å²) >= 11 is 0. The van der Waals surface area contributed by atoms with Gasteiger partial charge in [-0.15, -0.1) is 5.10 Å². The lowest BCUT2D eigenvalue weighted by Gasteiger charge is -2.07. The smallest absolute Gasteiger partial charge is 0.285 e. The fraction of sp³-hybridized carbons (Fsp3) is 0.333. The SMILES string of the molecule is CCCn1nncc1C(=O)c1ccc(C(F)(F)F)cn1. The van der Waals surface area contributed by atoms with Gasteiger partial charge in [0.05, 0.1) is 11.8 Å². The Morgan fingerprint density at radius 3 is 2.60 bits per heavy atom. The minimum Gasteiger partial charge on any atom is -0.285 e. The van der Waals surface area contributed by atoms with Crippen molar-refractivity contribution in [2.24, 2.45) is 0 Å². The molecule has 0 aliphatic heterocycles. The van der Waals surface area contributed by atoms with Crippen LogP contribution in [0.15, 0.2) is 24.5 Å². The Morgan fingerprint density at radius 2 is 2.05 bits per heavy atom. The maximum absolute atomic E-state index is 12.4. The molecule has 0 fully saturated rings. The molecule has 0 radical (unpaired) electrons. The van der Waals surface area contributed by atoms with Crippen molar-refractivity contribution >= 4 is 5.78 Å². The van der Waals surface area contributed by atoms with Crippen LogP contribution in [0.3, 0.4) is 0 Å². The highest BCUT2D eigenvalue weighted by Crippen LogP contribution is 2.28. The zero-order valence-corrected chi connectivity index (χ0v) is 10.6. The molecule has 0 unspecified atom stereocenters. The molecule has 0 aromatic carbocycles. The Kier molecular flexibility index (Phi) is 3.82. The Morgan fingerprint density at radius 1 is 1.30 bits per heavy atom.